The zero-order valence-electron chi connectivity index (χ0n) is 10.9. The third-order valence-electron chi connectivity index (χ3n) is 2.90. The Balaban J connectivity index is 1.70. The fourth-order valence-corrected chi connectivity index (χ4v) is 2.63. The zero-order valence-corrected chi connectivity index (χ0v) is 11.7. The van der Waals surface area contributed by atoms with Gasteiger partial charge >= 0.3 is 5.00 Å². The molecule has 0 aliphatic heterocycles. The zero-order chi connectivity index (χ0) is 14.7. The largest absolute Gasteiger partial charge is 0.444 e. The van der Waals surface area contributed by atoms with Crippen molar-refractivity contribution in [3.05, 3.63) is 64.0 Å². The van der Waals surface area contributed by atoms with E-state index in [-0.39, 0.29) is 9.92 Å². The van der Waals surface area contributed by atoms with Crippen LogP contribution in [0.1, 0.15) is 5.56 Å². The molecule has 3 rings (SSSR count). The van der Waals surface area contributed by atoms with Crippen molar-refractivity contribution in [3.8, 4) is 11.3 Å². The van der Waals surface area contributed by atoms with Gasteiger partial charge in [-0.1, -0.05) is 23.5 Å². The van der Waals surface area contributed by atoms with Crippen LogP contribution in [-0.4, -0.2) is 9.91 Å². The molecule has 0 saturated heterocycles. The van der Waals surface area contributed by atoms with Crippen LogP contribution in [0, 0.1) is 10.1 Å². The Morgan fingerprint density at radius 2 is 2.29 bits per heavy atom. The molecular formula is C14H11N3O3S. The monoisotopic (exact) mass is 301 g/mol. The minimum atomic E-state index is -0.376. The number of aromatic nitrogens is 1. The number of benzene rings is 1. The molecule has 1 N–H and O–H groups in total. The number of hydrogen-bond donors (Lipinski definition) is 1. The molecule has 0 aliphatic carbocycles. The molecule has 21 heavy (non-hydrogen) atoms. The first-order valence-corrected chi connectivity index (χ1v) is 7.05. The molecule has 0 bridgehead atoms. The number of thiophene rings is 1. The lowest BCUT2D eigenvalue weighted by atomic mass is 10.1. The number of nitrogens with one attached hydrogen (secondary N) is 1. The first kappa shape index (κ1) is 13.3. The van der Waals surface area contributed by atoms with Crippen molar-refractivity contribution in [1.29, 1.82) is 0 Å². The van der Waals surface area contributed by atoms with E-state index in [9.17, 15) is 10.1 Å². The highest BCUT2D eigenvalue weighted by molar-refractivity contribution is 7.13. The second kappa shape index (κ2) is 5.76. The summed E-state index contributed by atoms with van der Waals surface area (Å²) in [6, 6.07) is 9.30. The standard InChI is InChI=1S/C14H11N3O3S/c18-17(19)14-4-10(8-21-14)6-16-12-3-1-2-11(5-12)13-7-15-9-20-13/h1-5,7-9,16H,6H2. The van der Waals surface area contributed by atoms with Crippen LogP contribution in [0.3, 0.4) is 0 Å². The fourth-order valence-electron chi connectivity index (χ4n) is 1.90. The van der Waals surface area contributed by atoms with E-state index in [1.807, 2.05) is 24.3 Å². The molecular weight excluding hydrogens is 290 g/mol. The molecule has 0 saturated carbocycles. The molecule has 0 aliphatic rings. The predicted octanol–water partition coefficient (Wildman–Crippen LogP) is 3.92. The van der Waals surface area contributed by atoms with E-state index in [0.29, 0.717) is 12.3 Å². The van der Waals surface area contributed by atoms with Crippen molar-refractivity contribution in [2.24, 2.45) is 0 Å². The lowest BCUT2D eigenvalue weighted by Gasteiger charge is -2.06. The number of oxazole rings is 1. The number of nitrogens with zero attached hydrogens (tertiary/aromatic N) is 2. The average molecular weight is 301 g/mol. The molecule has 0 amide bonds. The van der Waals surface area contributed by atoms with Crippen LogP contribution in [0.25, 0.3) is 11.3 Å². The number of anilines is 1. The molecule has 0 radical (unpaired) electrons. The van der Waals surface area contributed by atoms with Crippen molar-refractivity contribution >= 4 is 22.0 Å². The van der Waals surface area contributed by atoms with E-state index in [1.165, 1.54) is 6.39 Å². The quantitative estimate of drug-likeness (QED) is 0.570. The van der Waals surface area contributed by atoms with Gasteiger partial charge in [0.15, 0.2) is 12.2 Å². The van der Waals surface area contributed by atoms with Crippen LogP contribution < -0.4 is 5.32 Å². The summed E-state index contributed by atoms with van der Waals surface area (Å²) in [5, 5.41) is 15.8. The Labute approximate surface area is 124 Å². The van der Waals surface area contributed by atoms with Crippen LogP contribution in [0.4, 0.5) is 10.7 Å². The molecule has 7 heteroatoms. The predicted molar refractivity (Wildman–Crippen MR) is 80.2 cm³/mol. The van der Waals surface area contributed by atoms with Gasteiger partial charge in [-0.05, 0) is 17.7 Å². The smallest absolute Gasteiger partial charge is 0.324 e. The average Bonchev–Trinajstić information content (AvgIpc) is 3.17. The maximum atomic E-state index is 10.6. The first-order valence-electron chi connectivity index (χ1n) is 6.17. The van der Waals surface area contributed by atoms with Gasteiger partial charge in [0, 0.05) is 29.2 Å². The number of nitro groups is 1. The summed E-state index contributed by atoms with van der Waals surface area (Å²) < 4.78 is 5.25. The van der Waals surface area contributed by atoms with Gasteiger partial charge in [0.1, 0.15) is 0 Å². The fraction of sp³-hybridized carbons (Fsp3) is 0.0714. The third-order valence-corrected chi connectivity index (χ3v) is 3.82. The molecule has 0 fully saturated rings. The minimum absolute atomic E-state index is 0.155. The lowest BCUT2D eigenvalue weighted by Crippen LogP contribution is -1.98. The Kier molecular flexibility index (Phi) is 3.65. The first-order chi connectivity index (χ1) is 10.2. The lowest BCUT2D eigenvalue weighted by molar-refractivity contribution is -0.380. The SMILES string of the molecule is O=[N+]([O-])c1cc(CNc2cccc(-c3cnco3)c2)cs1. The van der Waals surface area contributed by atoms with E-state index >= 15 is 0 Å². The van der Waals surface area contributed by atoms with Gasteiger partial charge in [0.25, 0.3) is 0 Å². The van der Waals surface area contributed by atoms with E-state index in [2.05, 4.69) is 10.3 Å². The molecule has 0 spiro atoms. The maximum Gasteiger partial charge on any atom is 0.324 e. The highest BCUT2D eigenvalue weighted by atomic mass is 32.1. The molecule has 3 aromatic rings. The summed E-state index contributed by atoms with van der Waals surface area (Å²) in [5.41, 5.74) is 2.73. The van der Waals surface area contributed by atoms with Gasteiger partial charge in [-0.15, -0.1) is 0 Å². The topological polar surface area (TPSA) is 81.2 Å². The van der Waals surface area contributed by atoms with Gasteiger partial charge in [0.2, 0.25) is 0 Å². The number of rotatable bonds is 5. The minimum Gasteiger partial charge on any atom is -0.444 e. The second-order valence-electron chi connectivity index (χ2n) is 4.35. The van der Waals surface area contributed by atoms with Crippen LogP contribution in [0.5, 0.6) is 0 Å². The van der Waals surface area contributed by atoms with E-state index in [1.54, 1.807) is 17.6 Å². The van der Waals surface area contributed by atoms with Gasteiger partial charge in [-0.3, -0.25) is 10.1 Å². The summed E-state index contributed by atoms with van der Waals surface area (Å²) >= 11 is 1.13. The molecule has 106 valence electrons. The number of hydrogen-bond acceptors (Lipinski definition) is 6. The molecule has 0 unspecified atom stereocenters. The van der Waals surface area contributed by atoms with Crippen LogP contribution >= 0.6 is 11.3 Å². The highest BCUT2D eigenvalue weighted by Crippen LogP contribution is 2.25. The molecule has 6 nitrogen and oxygen atoms in total. The van der Waals surface area contributed by atoms with Crippen molar-refractivity contribution < 1.29 is 9.34 Å². The molecule has 2 aromatic heterocycles. The molecule has 0 atom stereocenters. The Morgan fingerprint density at radius 3 is 3.00 bits per heavy atom. The molecule has 1 aromatic carbocycles. The highest BCUT2D eigenvalue weighted by Gasteiger charge is 2.09. The summed E-state index contributed by atoms with van der Waals surface area (Å²) in [7, 11) is 0. The van der Waals surface area contributed by atoms with Crippen LogP contribution in [-0.2, 0) is 6.54 Å². The van der Waals surface area contributed by atoms with Gasteiger partial charge in [0.05, 0.1) is 11.1 Å². The summed E-state index contributed by atoms with van der Waals surface area (Å²) in [6.07, 6.45) is 3.04. The Morgan fingerprint density at radius 1 is 1.38 bits per heavy atom. The van der Waals surface area contributed by atoms with Crippen molar-refractivity contribution in [2.75, 3.05) is 5.32 Å². The Hall–Kier alpha value is -2.67. The summed E-state index contributed by atoms with van der Waals surface area (Å²) in [4.78, 5) is 14.2. The van der Waals surface area contributed by atoms with Gasteiger partial charge in [-0.2, -0.15) is 0 Å². The van der Waals surface area contributed by atoms with Gasteiger partial charge < -0.3 is 9.73 Å². The third kappa shape index (κ3) is 3.09. The van der Waals surface area contributed by atoms with E-state index in [4.69, 9.17) is 4.42 Å². The second-order valence-corrected chi connectivity index (χ2v) is 5.24. The Bertz CT molecular complexity index is 752. The van der Waals surface area contributed by atoms with Crippen molar-refractivity contribution in [3.63, 3.8) is 0 Å². The van der Waals surface area contributed by atoms with Crippen LogP contribution in [0.2, 0.25) is 0 Å². The van der Waals surface area contributed by atoms with E-state index < -0.39 is 0 Å². The summed E-state index contributed by atoms with van der Waals surface area (Å²) in [6.45, 7) is 0.532. The van der Waals surface area contributed by atoms with Crippen molar-refractivity contribution in [2.45, 2.75) is 6.54 Å². The van der Waals surface area contributed by atoms with E-state index in [0.717, 1.165) is 28.2 Å². The molecule has 2 heterocycles. The van der Waals surface area contributed by atoms with Gasteiger partial charge in [-0.25, -0.2) is 4.98 Å². The van der Waals surface area contributed by atoms with Crippen molar-refractivity contribution in [1.82, 2.24) is 4.98 Å². The normalized spacial score (nSPS) is 10.5. The maximum absolute atomic E-state index is 10.6. The summed E-state index contributed by atoms with van der Waals surface area (Å²) in [5.74, 6) is 0.699. The van der Waals surface area contributed by atoms with Crippen LogP contribution in [0.15, 0.2) is 52.7 Å².